The molecule has 0 heterocycles. The monoisotopic (exact) mass is 172 g/mol. The van der Waals surface area contributed by atoms with E-state index in [2.05, 4.69) is 9.35 Å². The fraction of sp³-hybridized carbons (Fsp3) is 0.500. The molecule has 0 spiro atoms. The second-order valence-corrected chi connectivity index (χ2v) is 3.19. The first-order valence-electron chi connectivity index (χ1n) is 2.01. The van der Waals surface area contributed by atoms with Gasteiger partial charge in [-0.05, 0) is 0 Å². The first-order chi connectivity index (χ1) is 4.54. The van der Waals surface area contributed by atoms with Crippen molar-refractivity contribution < 1.29 is 34.3 Å². The summed E-state index contributed by atoms with van der Waals surface area (Å²) in [6, 6.07) is 0. The minimum absolute atomic E-state index is 1.10. The Morgan fingerprint density at radius 3 is 1.90 bits per heavy atom. The number of hydrogen-bond donors (Lipinski definition) is 3. The maximum atomic E-state index is 10.4. The minimum atomic E-state index is -4.23. The largest absolute Gasteiger partial charge is 0.481 e. The van der Waals surface area contributed by atoms with Crippen molar-refractivity contribution in [3.05, 3.63) is 0 Å². The summed E-state index contributed by atoms with van der Waals surface area (Å²) in [6.45, 7) is 0. The van der Waals surface area contributed by atoms with Crippen molar-refractivity contribution in [1.82, 2.24) is 0 Å². The number of carbonyl (C=O) groups is 1. The second kappa shape index (κ2) is 3.65. The Kier molecular flexibility index (Phi) is 3.48. The summed E-state index contributed by atoms with van der Waals surface area (Å²) in [6.07, 6.45) is -1.10. The van der Waals surface area contributed by atoms with Crippen molar-refractivity contribution in [3.8, 4) is 0 Å². The number of hydrogen-bond acceptors (Lipinski definition) is 6. The molecule has 7 nitrogen and oxygen atoms in total. The topological polar surface area (TPSA) is 113 Å². The van der Waals surface area contributed by atoms with Crippen molar-refractivity contribution in [2.24, 2.45) is 0 Å². The average Bonchev–Trinajstić information content (AvgIpc) is 1.87. The maximum Gasteiger partial charge on any atom is 0.394 e. The lowest BCUT2D eigenvalue weighted by molar-refractivity contribution is -0.208. The van der Waals surface area contributed by atoms with Gasteiger partial charge >= 0.3 is 13.6 Å². The van der Waals surface area contributed by atoms with Gasteiger partial charge in [0.1, 0.15) is 0 Å². The Morgan fingerprint density at radius 1 is 1.40 bits per heavy atom. The van der Waals surface area contributed by atoms with Crippen LogP contribution in [-0.2, 0) is 18.7 Å². The number of rotatable bonds is 4. The summed E-state index contributed by atoms with van der Waals surface area (Å²) in [4.78, 5) is 9.78. The Labute approximate surface area is 55.2 Å². The highest BCUT2D eigenvalue weighted by atomic mass is 31.2. The van der Waals surface area contributed by atoms with Crippen LogP contribution in [0.1, 0.15) is 0 Å². The normalized spacial score (nSPS) is 11.4. The highest BCUT2D eigenvalue weighted by Gasteiger charge is 2.28. The smallest absolute Gasteiger partial charge is 0.394 e. The molecule has 0 aliphatic carbocycles. The molecule has 0 aromatic carbocycles. The van der Waals surface area contributed by atoms with E-state index in [-0.39, 0.29) is 0 Å². The summed E-state index contributed by atoms with van der Waals surface area (Å²) in [7, 11) is -4.23. The third-order valence-electron chi connectivity index (χ3n) is 0.578. The van der Waals surface area contributed by atoms with Crippen LogP contribution in [0.3, 0.4) is 0 Å². The van der Waals surface area contributed by atoms with Gasteiger partial charge in [-0.3, -0.25) is 9.36 Å². The van der Waals surface area contributed by atoms with Crippen LogP contribution in [0.2, 0.25) is 0 Å². The zero-order chi connectivity index (χ0) is 8.20. The molecule has 8 heteroatoms. The molecular weight excluding hydrogens is 167 g/mol. The van der Waals surface area contributed by atoms with Gasteiger partial charge in [0.25, 0.3) is 0 Å². The molecule has 0 saturated carbocycles. The average molecular weight is 172 g/mol. The van der Waals surface area contributed by atoms with Crippen molar-refractivity contribution >= 4 is 13.6 Å². The van der Waals surface area contributed by atoms with Crippen LogP contribution in [0.5, 0.6) is 0 Å². The highest BCUT2D eigenvalue weighted by Crippen LogP contribution is 2.45. The van der Waals surface area contributed by atoms with Crippen molar-refractivity contribution in [2.45, 2.75) is 0 Å². The quantitative estimate of drug-likeness (QED) is 0.316. The number of aliphatic carboxylic acids is 1. The van der Waals surface area contributed by atoms with E-state index in [1.165, 1.54) is 0 Å². The summed E-state index contributed by atoms with van der Waals surface area (Å²) in [5.41, 5.74) is 0. The lowest BCUT2D eigenvalue weighted by atomic mass is 10.8. The molecule has 3 N–H and O–H groups in total. The lowest BCUT2D eigenvalue weighted by Crippen LogP contribution is -2.05. The summed E-state index contributed by atoms with van der Waals surface area (Å²) in [5, 5.41) is 23.4. The predicted molar refractivity (Wildman–Crippen MR) is 27.5 cm³/mol. The summed E-state index contributed by atoms with van der Waals surface area (Å²) in [5.74, 6) is -1.52. The lowest BCUT2D eigenvalue weighted by Gasteiger charge is -2.04. The van der Waals surface area contributed by atoms with E-state index >= 15 is 0 Å². The van der Waals surface area contributed by atoms with Crippen LogP contribution >= 0.6 is 7.60 Å². The van der Waals surface area contributed by atoms with Gasteiger partial charge in [-0.15, -0.1) is 9.35 Å². The highest BCUT2D eigenvalue weighted by molar-refractivity contribution is 7.54. The molecule has 0 amide bonds. The number of carboxylic acids is 1. The molecule has 60 valence electrons. The molecule has 0 aliphatic heterocycles. The molecule has 0 aromatic rings. The van der Waals surface area contributed by atoms with E-state index in [1.54, 1.807) is 0 Å². The molecule has 0 aromatic heterocycles. The zero-order valence-corrected chi connectivity index (χ0v) is 5.52. The van der Waals surface area contributed by atoms with Gasteiger partial charge in [-0.2, -0.15) is 0 Å². The van der Waals surface area contributed by atoms with Gasteiger partial charge in [-0.25, -0.2) is 10.5 Å². The Balaban J connectivity index is 4.07. The van der Waals surface area contributed by atoms with E-state index in [4.69, 9.17) is 15.6 Å². The Hall–Kier alpha value is -0.460. The summed E-state index contributed by atoms with van der Waals surface area (Å²) >= 11 is 0. The van der Waals surface area contributed by atoms with Gasteiger partial charge < -0.3 is 5.11 Å². The minimum Gasteiger partial charge on any atom is -0.481 e. The maximum absolute atomic E-state index is 10.4. The zero-order valence-electron chi connectivity index (χ0n) is 4.63. The SMILES string of the molecule is O=C(O)CP(=O)(OO)OO. The molecule has 0 fully saturated rings. The molecule has 0 aliphatic rings. The van der Waals surface area contributed by atoms with E-state index in [0.717, 1.165) is 0 Å². The van der Waals surface area contributed by atoms with Gasteiger partial charge in [0, 0.05) is 0 Å². The Bertz CT molecular complexity index is 155. The standard InChI is InChI=1S/C2H5O7P/c3-2(4)1-10(7,8-5)9-6/h5-6H,1H2,(H,3,4). The van der Waals surface area contributed by atoms with Gasteiger partial charge in [0.05, 0.1) is 0 Å². The van der Waals surface area contributed by atoms with E-state index in [0.29, 0.717) is 0 Å². The predicted octanol–water partition coefficient (Wildman–Crippen LogP) is 0.243. The molecule has 0 atom stereocenters. The molecule has 0 saturated heterocycles. The van der Waals surface area contributed by atoms with Gasteiger partial charge in [0.15, 0.2) is 6.16 Å². The number of carboxylic acid groups (broad SMARTS) is 1. The van der Waals surface area contributed by atoms with Crippen LogP contribution in [0.4, 0.5) is 0 Å². The van der Waals surface area contributed by atoms with Crippen LogP contribution in [0.25, 0.3) is 0 Å². The Morgan fingerprint density at radius 2 is 1.80 bits per heavy atom. The molecule has 0 radical (unpaired) electrons. The molecular formula is C2H5O7P. The summed E-state index contributed by atoms with van der Waals surface area (Å²) < 4.78 is 16.6. The molecule has 10 heavy (non-hydrogen) atoms. The van der Waals surface area contributed by atoms with E-state index in [1.807, 2.05) is 0 Å². The van der Waals surface area contributed by atoms with Gasteiger partial charge in [-0.1, -0.05) is 0 Å². The second-order valence-electron chi connectivity index (χ2n) is 1.33. The fourth-order valence-electron chi connectivity index (χ4n) is 0.238. The molecule has 0 rings (SSSR count). The first-order valence-corrected chi connectivity index (χ1v) is 3.74. The van der Waals surface area contributed by atoms with Crippen molar-refractivity contribution in [3.63, 3.8) is 0 Å². The third-order valence-corrected chi connectivity index (χ3v) is 1.73. The fourth-order valence-corrected chi connectivity index (χ4v) is 0.715. The van der Waals surface area contributed by atoms with Crippen molar-refractivity contribution in [1.29, 1.82) is 0 Å². The third kappa shape index (κ3) is 2.90. The molecule has 0 bridgehead atoms. The first kappa shape index (κ1) is 9.54. The van der Waals surface area contributed by atoms with Crippen LogP contribution < -0.4 is 0 Å². The van der Waals surface area contributed by atoms with E-state index in [9.17, 15) is 9.36 Å². The van der Waals surface area contributed by atoms with Crippen LogP contribution in [0.15, 0.2) is 0 Å². The van der Waals surface area contributed by atoms with Crippen LogP contribution in [0, 0.1) is 0 Å². The van der Waals surface area contributed by atoms with Crippen LogP contribution in [-0.4, -0.2) is 27.8 Å². The van der Waals surface area contributed by atoms with E-state index < -0.39 is 19.7 Å². The van der Waals surface area contributed by atoms with Crippen molar-refractivity contribution in [2.75, 3.05) is 6.16 Å². The van der Waals surface area contributed by atoms with Gasteiger partial charge in [0.2, 0.25) is 0 Å². The molecule has 0 unspecified atom stereocenters.